The molecule has 0 spiro atoms. The van der Waals surface area contributed by atoms with E-state index in [1.165, 1.54) is 32.4 Å². The average molecular weight is 683 g/mol. The summed E-state index contributed by atoms with van der Waals surface area (Å²) < 4.78 is 38.6. The van der Waals surface area contributed by atoms with Crippen LogP contribution < -0.4 is 10.3 Å². The van der Waals surface area contributed by atoms with Crippen molar-refractivity contribution in [1.29, 1.82) is 0 Å². The maximum Gasteiger partial charge on any atom is 0.415 e. The van der Waals surface area contributed by atoms with Gasteiger partial charge in [-0.05, 0) is 81.4 Å². The molecule has 14 heteroatoms. The van der Waals surface area contributed by atoms with E-state index in [1.54, 1.807) is 23.6 Å². The summed E-state index contributed by atoms with van der Waals surface area (Å²) >= 11 is 0. The third-order valence-corrected chi connectivity index (χ3v) is 9.97. The molecule has 258 valence electrons. The van der Waals surface area contributed by atoms with Crippen LogP contribution in [0.25, 0.3) is 22.3 Å². The molecule has 1 aromatic carbocycles. The Morgan fingerprint density at radius 3 is 2.40 bits per heavy atom. The lowest BCUT2D eigenvalue weighted by Crippen LogP contribution is -2.48. The van der Waals surface area contributed by atoms with Crippen LogP contribution in [0.15, 0.2) is 29.1 Å². The molecule has 0 bridgehead atoms. The number of nitrogens with zero attached hydrogens (tertiary/aromatic N) is 4. The third-order valence-electron chi connectivity index (χ3n) is 9.97. The van der Waals surface area contributed by atoms with Crippen molar-refractivity contribution in [3.8, 4) is 17.1 Å². The Bertz CT molecular complexity index is 1920. The van der Waals surface area contributed by atoms with Crippen LogP contribution in [0, 0.1) is 0 Å². The van der Waals surface area contributed by atoms with Gasteiger partial charge in [-0.2, -0.15) is 8.42 Å². The Morgan fingerprint density at radius 1 is 1.06 bits per heavy atom. The molecule has 3 aromatic rings. The van der Waals surface area contributed by atoms with Crippen molar-refractivity contribution >= 4 is 33.1 Å². The summed E-state index contributed by atoms with van der Waals surface area (Å²) in [5.74, 6) is -0.266. The molecule has 4 aliphatic rings. The minimum Gasteiger partial charge on any atom is -0.458 e. The number of rotatable bonds is 4. The van der Waals surface area contributed by atoms with E-state index in [9.17, 15) is 27.9 Å². The van der Waals surface area contributed by atoms with E-state index in [0.29, 0.717) is 66.6 Å². The lowest BCUT2D eigenvalue weighted by atomic mass is 9.86. The summed E-state index contributed by atoms with van der Waals surface area (Å²) in [6.07, 6.45) is 6.98. The molecule has 1 amide bonds. The maximum absolute atomic E-state index is 13.6. The Hall–Kier alpha value is -3.85. The smallest absolute Gasteiger partial charge is 0.415 e. The van der Waals surface area contributed by atoms with Gasteiger partial charge in [0, 0.05) is 35.6 Å². The van der Waals surface area contributed by atoms with E-state index < -0.39 is 21.7 Å². The molecule has 2 aromatic heterocycles. The third kappa shape index (κ3) is 6.46. The van der Waals surface area contributed by atoms with Crippen LogP contribution in [0.5, 0.6) is 5.75 Å². The first-order valence-electron chi connectivity index (χ1n) is 16.6. The first-order valence-corrected chi connectivity index (χ1v) is 18.4. The zero-order valence-electron chi connectivity index (χ0n) is 27.5. The number of esters is 1. The first-order chi connectivity index (χ1) is 22.8. The van der Waals surface area contributed by atoms with E-state index in [0.717, 1.165) is 34.9 Å². The fourth-order valence-corrected chi connectivity index (χ4v) is 7.47. The Morgan fingerprint density at radius 2 is 1.75 bits per heavy atom. The number of fused-ring (bicyclic) bond motifs is 5. The van der Waals surface area contributed by atoms with E-state index in [1.807, 2.05) is 17.0 Å². The largest absolute Gasteiger partial charge is 0.458 e. The average Bonchev–Trinajstić information content (AvgIpc) is 3.43. The fourth-order valence-electron chi connectivity index (χ4n) is 7.47. The van der Waals surface area contributed by atoms with Crippen LogP contribution in [0.1, 0.15) is 74.6 Å². The number of carbonyl (C=O) groups is 2. The molecule has 2 fully saturated rings. The highest BCUT2D eigenvalue weighted by Crippen LogP contribution is 2.41. The van der Waals surface area contributed by atoms with Crippen molar-refractivity contribution < 1.29 is 37.1 Å². The van der Waals surface area contributed by atoms with Crippen LogP contribution in [0.2, 0.25) is 0 Å². The van der Waals surface area contributed by atoms with Crippen molar-refractivity contribution in [3.63, 3.8) is 0 Å². The van der Waals surface area contributed by atoms with Gasteiger partial charge in [-0.1, -0.05) is 20.3 Å². The Labute approximate surface area is 279 Å². The van der Waals surface area contributed by atoms with Gasteiger partial charge < -0.3 is 28.9 Å². The number of carbonyl (C=O) groups excluding carboxylic acids is 2. The van der Waals surface area contributed by atoms with Crippen LogP contribution in [0.4, 0.5) is 4.79 Å². The van der Waals surface area contributed by atoms with Gasteiger partial charge in [-0.25, -0.2) is 14.6 Å². The fraction of sp³-hybridized carbons (Fsp3) is 0.529. The number of piperidine rings is 2. The van der Waals surface area contributed by atoms with Crippen molar-refractivity contribution in [2.24, 2.45) is 0 Å². The predicted molar refractivity (Wildman–Crippen MR) is 177 cm³/mol. The van der Waals surface area contributed by atoms with Crippen molar-refractivity contribution in [2.45, 2.75) is 83.6 Å². The predicted octanol–water partition coefficient (Wildman–Crippen LogP) is 3.60. The van der Waals surface area contributed by atoms with E-state index in [2.05, 4.69) is 11.8 Å². The second kappa shape index (κ2) is 13.2. The summed E-state index contributed by atoms with van der Waals surface area (Å²) in [6, 6.07) is 7.77. The number of likely N-dealkylation sites (tertiary alicyclic amines) is 2. The molecule has 0 aliphatic carbocycles. The number of ether oxygens (including phenoxy) is 2. The molecular weight excluding hydrogens is 640 g/mol. The Balaban J connectivity index is 0.000000749. The molecule has 0 radical (unpaired) electrons. The first kappa shape index (κ1) is 34.0. The lowest BCUT2D eigenvalue weighted by molar-refractivity contribution is -0.172. The lowest BCUT2D eigenvalue weighted by Gasteiger charge is -2.39. The normalized spacial score (nSPS) is 21.1. The highest BCUT2D eigenvalue weighted by Gasteiger charge is 2.45. The number of hydrogen-bond donors (Lipinski definition) is 2. The van der Waals surface area contributed by atoms with Crippen molar-refractivity contribution in [3.05, 3.63) is 56.9 Å². The van der Waals surface area contributed by atoms with Crippen LogP contribution in [0.3, 0.4) is 0 Å². The molecule has 2 N–H and O–H groups in total. The van der Waals surface area contributed by atoms with Gasteiger partial charge in [-0.3, -0.25) is 9.35 Å². The number of hydrogen-bond acceptors (Lipinski definition) is 10. The summed E-state index contributed by atoms with van der Waals surface area (Å²) in [5.41, 5.74) is 2.38. The molecule has 13 nitrogen and oxygen atoms in total. The quantitative estimate of drug-likeness (QED) is 0.238. The number of aliphatic hydroxyl groups is 1. The molecule has 7 rings (SSSR count). The number of pyridine rings is 2. The standard InChI is InChI=1S/C33H38N4O6.CH4O3S/c1-3-22-23-16-21(43-32(40)36-14-10-20(11-15-36)35-12-6-5-7-13-35)8-9-27(23)34-29-24(22)18-37-28(29)17-26-25(30(37)38)19-42-31(39)33(26,41)4-2;1-5(2,3)4/h8-9,16-17,20,41H,3-7,10-15,18-19H2,1-2H3;1H3,(H,2,3,4)/t33-;/m0./s1. The molecule has 0 saturated carbocycles. The zero-order valence-corrected chi connectivity index (χ0v) is 28.3. The number of aromatic nitrogens is 2. The van der Waals surface area contributed by atoms with Gasteiger partial charge in [0.25, 0.3) is 15.7 Å². The molecule has 48 heavy (non-hydrogen) atoms. The second-order valence-corrected chi connectivity index (χ2v) is 14.4. The van der Waals surface area contributed by atoms with Gasteiger partial charge in [0.2, 0.25) is 0 Å². The molecule has 0 unspecified atom stereocenters. The number of benzene rings is 1. The van der Waals surface area contributed by atoms with Crippen LogP contribution in [-0.2, 0) is 44.8 Å². The van der Waals surface area contributed by atoms with Crippen molar-refractivity contribution in [2.75, 3.05) is 32.4 Å². The number of cyclic esters (lactones) is 1. The van der Waals surface area contributed by atoms with E-state index >= 15 is 0 Å². The summed E-state index contributed by atoms with van der Waals surface area (Å²) in [6.45, 7) is 7.65. The molecule has 4 aliphatic heterocycles. The highest BCUT2D eigenvalue weighted by atomic mass is 32.2. The van der Waals surface area contributed by atoms with Crippen LogP contribution >= 0.6 is 0 Å². The molecule has 1 atom stereocenters. The molecule has 2 saturated heterocycles. The molecular formula is C34H42N4O9S. The summed E-state index contributed by atoms with van der Waals surface area (Å²) in [7, 11) is -3.67. The van der Waals surface area contributed by atoms with Gasteiger partial charge in [0.05, 0.1) is 35.3 Å². The maximum atomic E-state index is 13.6. The minimum atomic E-state index is -3.67. The van der Waals surface area contributed by atoms with E-state index in [-0.39, 0.29) is 24.7 Å². The minimum absolute atomic E-state index is 0.0951. The topological polar surface area (TPSA) is 169 Å². The van der Waals surface area contributed by atoms with Crippen molar-refractivity contribution in [1.82, 2.24) is 19.4 Å². The number of amides is 1. The zero-order chi connectivity index (χ0) is 34.4. The van der Waals surface area contributed by atoms with Gasteiger partial charge in [-0.15, -0.1) is 0 Å². The van der Waals surface area contributed by atoms with E-state index in [4.69, 9.17) is 19.0 Å². The summed E-state index contributed by atoms with van der Waals surface area (Å²) in [5, 5.41) is 12.0. The Kier molecular flexibility index (Phi) is 9.37. The monoisotopic (exact) mass is 682 g/mol. The summed E-state index contributed by atoms with van der Waals surface area (Å²) in [4.78, 5) is 48.5. The highest BCUT2D eigenvalue weighted by molar-refractivity contribution is 7.85. The van der Waals surface area contributed by atoms with Gasteiger partial charge >= 0.3 is 12.1 Å². The second-order valence-electron chi connectivity index (χ2n) is 13.0. The SMILES string of the molecule is CCc1c2c(nc3ccc(OC(=O)N4CCC(N5CCCCC5)CC4)cc13)-c1cc3c(c(=O)n1C2)COC(=O)[C@]3(O)CC.CS(=O)(=O)O. The van der Waals surface area contributed by atoms with Gasteiger partial charge in [0.1, 0.15) is 12.4 Å². The number of aryl methyl sites for hydroxylation is 1. The van der Waals surface area contributed by atoms with Crippen LogP contribution in [-0.4, -0.2) is 88.0 Å². The molecule has 6 heterocycles. The van der Waals surface area contributed by atoms with Gasteiger partial charge in [0.15, 0.2) is 5.60 Å².